The number of anilines is 1. The molecule has 0 fully saturated rings. The van der Waals surface area contributed by atoms with E-state index in [2.05, 4.69) is 15.6 Å². The summed E-state index contributed by atoms with van der Waals surface area (Å²) in [5.41, 5.74) is 9.15. The molecule has 3 rings (SSSR count). The summed E-state index contributed by atoms with van der Waals surface area (Å²) >= 11 is 0. The van der Waals surface area contributed by atoms with Crippen LogP contribution in [0.4, 0.5) is 5.88 Å². The van der Waals surface area contributed by atoms with E-state index >= 15 is 0 Å². The highest BCUT2D eigenvalue weighted by Gasteiger charge is 2.14. The topological polar surface area (TPSA) is 99.0 Å². The molecule has 1 atom stereocenters. The van der Waals surface area contributed by atoms with Crippen molar-refractivity contribution in [2.75, 3.05) is 11.9 Å². The van der Waals surface area contributed by atoms with E-state index in [0.717, 1.165) is 16.7 Å². The Morgan fingerprint density at radius 2 is 1.96 bits per heavy atom. The molecule has 0 radical (unpaired) electrons. The maximum atomic E-state index is 11.8. The molecule has 0 spiro atoms. The zero-order valence-corrected chi connectivity index (χ0v) is 14.8. The van der Waals surface area contributed by atoms with Gasteiger partial charge in [0.2, 0.25) is 11.8 Å². The first kappa shape index (κ1) is 18.7. The van der Waals surface area contributed by atoms with Crippen LogP contribution in [0.3, 0.4) is 0 Å². The van der Waals surface area contributed by atoms with Crippen molar-refractivity contribution in [3.05, 3.63) is 42.7 Å². The molecule has 1 unspecified atom stereocenters. The van der Waals surface area contributed by atoms with Crippen LogP contribution in [0.2, 0.25) is 0 Å². The number of nitrogens with zero attached hydrogens (tertiary/aromatic N) is 3. The molecule has 0 aliphatic heterocycles. The lowest BCUT2D eigenvalue weighted by molar-refractivity contribution is -0.119. The number of benzene rings is 1. The molecule has 0 saturated carbocycles. The third-order valence-corrected chi connectivity index (χ3v) is 3.78. The molecule has 3 N–H and O–H groups in total. The second kappa shape index (κ2) is 7.96. The number of hydrogen-bond donors (Lipinski definition) is 2. The molecular formula is C17H20ClN5O2. The lowest BCUT2D eigenvalue weighted by atomic mass is 10.1. The van der Waals surface area contributed by atoms with Gasteiger partial charge in [0, 0.05) is 42.9 Å². The Kier molecular flexibility index (Phi) is 5.95. The number of carbonyl (C=O) groups is 1. The van der Waals surface area contributed by atoms with Crippen LogP contribution < -0.4 is 11.1 Å². The van der Waals surface area contributed by atoms with Gasteiger partial charge in [0.25, 0.3) is 0 Å². The van der Waals surface area contributed by atoms with E-state index in [-0.39, 0.29) is 30.8 Å². The maximum Gasteiger partial charge on any atom is 0.231 e. The fourth-order valence-corrected chi connectivity index (χ4v) is 2.23. The summed E-state index contributed by atoms with van der Waals surface area (Å²) in [5, 5.41) is 10.8. The van der Waals surface area contributed by atoms with Crippen molar-refractivity contribution in [1.29, 1.82) is 0 Å². The predicted molar refractivity (Wildman–Crippen MR) is 98.2 cm³/mol. The minimum Gasteiger partial charge on any atom is -0.338 e. The summed E-state index contributed by atoms with van der Waals surface area (Å²) in [6.07, 6.45) is 3.77. The summed E-state index contributed by atoms with van der Waals surface area (Å²) in [6, 6.07) is 9.59. The number of hydrogen-bond acceptors (Lipinski definition) is 5. The highest BCUT2D eigenvalue weighted by molar-refractivity contribution is 5.91. The zero-order chi connectivity index (χ0) is 17.1. The van der Waals surface area contributed by atoms with Crippen LogP contribution >= 0.6 is 12.4 Å². The molecule has 0 saturated heterocycles. The lowest BCUT2D eigenvalue weighted by Gasteiger charge is -2.06. The minimum atomic E-state index is -0.280. The van der Waals surface area contributed by atoms with E-state index in [9.17, 15) is 4.79 Å². The molecule has 8 heteroatoms. The largest absolute Gasteiger partial charge is 0.338 e. The van der Waals surface area contributed by atoms with Gasteiger partial charge in [-0.25, -0.2) is 0 Å². The van der Waals surface area contributed by atoms with Crippen molar-refractivity contribution in [3.63, 3.8) is 0 Å². The summed E-state index contributed by atoms with van der Waals surface area (Å²) in [5.74, 6) is -0.156. The highest BCUT2D eigenvalue weighted by atomic mass is 35.5. The van der Waals surface area contributed by atoms with Gasteiger partial charge in [0.15, 0.2) is 0 Å². The Morgan fingerprint density at radius 1 is 1.28 bits per heavy atom. The number of rotatable bonds is 5. The molecule has 0 aliphatic rings. The number of aromatic nitrogens is 3. The number of nitrogens with two attached hydrogens (primary N) is 1. The first-order valence-corrected chi connectivity index (χ1v) is 7.64. The Bertz CT molecular complexity index is 841. The summed E-state index contributed by atoms with van der Waals surface area (Å²) in [7, 11) is 1.88. The predicted octanol–water partition coefficient (Wildman–Crippen LogP) is 2.70. The van der Waals surface area contributed by atoms with Gasteiger partial charge in [0.05, 0.1) is 6.20 Å². The second-order valence-corrected chi connectivity index (χ2v) is 5.68. The van der Waals surface area contributed by atoms with Gasteiger partial charge >= 0.3 is 0 Å². The van der Waals surface area contributed by atoms with Gasteiger partial charge in [-0.15, -0.1) is 12.4 Å². The van der Waals surface area contributed by atoms with Crippen molar-refractivity contribution in [2.24, 2.45) is 18.7 Å². The van der Waals surface area contributed by atoms with Crippen LogP contribution in [0.25, 0.3) is 22.4 Å². The quantitative estimate of drug-likeness (QED) is 0.727. The maximum absolute atomic E-state index is 11.8. The smallest absolute Gasteiger partial charge is 0.231 e. The first-order valence-electron chi connectivity index (χ1n) is 7.64. The standard InChI is InChI=1S/C17H19N5O2.ClH/c1-11(8-18)17(23)20-16-7-15(21-24-16)13-5-3-12(4-6-13)14-9-19-22(2)10-14;/h3-7,9-11H,8,18H2,1-2H3,(H,20,23);1H. The van der Waals surface area contributed by atoms with E-state index in [0.29, 0.717) is 11.6 Å². The number of carbonyl (C=O) groups excluding carboxylic acids is 1. The number of aryl methyl sites for hydroxylation is 1. The van der Waals surface area contributed by atoms with Crippen LogP contribution in [-0.4, -0.2) is 27.4 Å². The van der Waals surface area contributed by atoms with Crippen molar-refractivity contribution in [1.82, 2.24) is 14.9 Å². The number of nitrogens with one attached hydrogen (secondary N) is 1. The van der Waals surface area contributed by atoms with Crippen LogP contribution in [0, 0.1) is 5.92 Å². The van der Waals surface area contributed by atoms with Gasteiger partial charge in [-0.05, 0) is 5.56 Å². The zero-order valence-electron chi connectivity index (χ0n) is 14.0. The second-order valence-electron chi connectivity index (χ2n) is 5.68. The number of amides is 1. The Morgan fingerprint density at radius 3 is 2.56 bits per heavy atom. The molecule has 25 heavy (non-hydrogen) atoms. The van der Waals surface area contributed by atoms with Crippen LogP contribution in [-0.2, 0) is 11.8 Å². The lowest BCUT2D eigenvalue weighted by Crippen LogP contribution is -2.26. The van der Waals surface area contributed by atoms with Crippen LogP contribution in [0.15, 0.2) is 47.2 Å². The van der Waals surface area contributed by atoms with Crippen LogP contribution in [0.1, 0.15) is 6.92 Å². The van der Waals surface area contributed by atoms with Crippen molar-refractivity contribution < 1.29 is 9.32 Å². The van der Waals surface area contributed by atoms with Gasteiger partial charge in [-0.1, -0.05) is 36.3 Å². The monoisotopic (exact) mass is 361 g/mol. The molecule has 7 nitrogen and oxygen atoms in total. The molecule has 1 amide bonds. The number of halogens is 1. The van der Waals surface area contributed by atoms with Gasteiger partial charge in [-0.2, -0.15) is 5.10 Å². The summed E-state index contributed by atoms with van der Waals surface area (Å²) in [4.78, 5) is 11.8. The highest BCUT2D eigenvalue weighted by Crippen LogP contribution is 2.25. The first-order chi connectivity index (χ1) is 11.6. The molecule has 0 aliphatic carbocycles. The molecule has 3 aromatic rings. The van der Waals surface area contributed by atoms with E-state index in [1.807, 2.05) is 43.7 Å². The molecule has 0 bridgehead atoms. The van der Waals surface area contributed by atoms with Crippen molar-refractivity contribution in [3.8, 4) is 22.4 Å². The van der Waals surface area contributed by atoms with Gasteiger partial charge < -0.3 is 10.3 Å². The van der Waals surface area contributed by atoms with E-state index in [1.54, 1.807) is 17.7 Å². The van der Waals surface area contributed by atoms with Crippen molar-refractivity contribution in [2.45, 2.75) is 6.92 Å². The fraction of sp³-hybridized carbons (Fsp3) is 0.235. The Labute approximate surface area is 151 Å². The third kappa shape index (κ3) is 4.26. The molecule has 2 aromatic heterocycles. The summed E-state index contributed by atoms with van der Waals surface area (Å²) in [6.45, 7) is 2.03. The molecule has 1 aromatic carbocycles. The Balaban J connectivity index is 0.00000225. The van der Waals surface area contributed by atoms with E-state index in [4.69, 9.17) is 10.3 Å². The van der Waals surface area contributed by atoms with Gasteiger partial charge in [-0.3, -0.25) is 14.8 Å². The van der Waals surface area contributed by atoms with E-state index in [1.165, 1.54) is 0 Å². The van der Waals surface area contributed by atoms with E-state index < -0.39 is 0 Å². The molecule has 2 heterocycles. The Hall–Kier alpha value is -2.64. The average molecular weight is 362 g/mol. The van der Waals surface area contributed by atoms with Gasteiger partial charge in [0.1, 0.15) is 5.69 Å². The fourth-order valence-electron chi connectivity index (χ4n) is 2.23. The van der Waals surface area contributed by atoms with Crippen molar-refractivity contribution >= 4 is 24.2 Å². The normalized spacial score (nSPS) is 11.6. The summed E-state index contributed by atoms with van der Waals surface area (Å²) < 4.78 is 6.93. The minimum absolute atomic E-state index is 0. The SMILES string of the molecule is CC(CN)C(=O)Nc1cc(-c2ccc(-c3cnn(C)c3)cc2)no1.Cl. The third-order valence-electron chi connectivity index (χ3n) is 3.78. The van der Waals surface area contributed by atoms with Crippen LogP contribution in [0.5, 0.6) is 0 Å². The molecular weight excluding hydrogens is 342 g/mol. The molecule has 132 valence electrons. The average Bonchev–Trinajstić information content (AvgIpc) is 3.23.